The lowest BCUT2D eigenvalue weighted by molar-refractivity contribution is -0.113. The predicted octanol–water partition coefficient (Wildman–Crippen LogP) is 4.54. The quantitative estimate of drug-likeness (QED) is 0.596. The molecule has 22 heavy (non-hydrogen) atoms. The molecule has 0 radical (unpaired) electrons. The molecule has 0 aromatic heterocycles. The van der Waals surface area contributed by atoms with Crippen LogP contribution in [-0.2, 0) is 4.79 Å². The number of carbonyl (C=O) groups is 1. The Hall–Kier alpha value is -1.98. The third-order valence-corrected chi connectivity index (χ3v) is 4.59. The zero-order valence-electron chi connectivity index (χ0n) is 11.7. The molecule has 0 saturated carbocycles. The maximum atomic E-state index is 13.3. The van der Waals surface area contributed by atoms with E-state index in [1.165, 1.54) is 22.7 Å². The van der Waals surface area contributed by atoms with Crippen LogP contribution in [0.5, 0.6) is 0 Å². The molecule has 0 aliphatic carbocycles. The lowest BCUT2D eigenvalue weighted by atomic mass is 10.1. The minimum absolute atomic E-state index is 0.150. The van der Waals surface area contributed by atoms with Crippen molar-refractivity contribution in [2.75, 3.05) is 4.90 Å². The van der Waals surface area contributed by atoms with Gasteiger partial charge in [0.1, 0.15) is 5.82 Å². The highest BCUT2D eigenvalue weighted by Crippen LogP contribution is 2.35. The average Bonchev–Trinajstić information content (AvgIpc) is 2.78. The number of para-hydroxylation sites is 1. The zero-order chi connectivity index (χ0) is 15.7. The van der Waals surface area contributed by atoms with Crippen molar-refractivity contribution < 1.29 is 9.18 Å². The van der Waals surface area contributed by atoms with Gasteiger partial charge in [-0.15, -0.1) is 0 Å². The van der Waals surface area contributed by atoms with Crippen molar-refractivity contribution in [1.82, 2.24) is 0 Å². The first-order valence-electron chi connectivity index (χ1n) is 6.65. The van der Waals surface area contributed by atoms with Gasteiger partial charge in [0.15, 0.2) is 4.32 Å². The highest BCUT2D eigenvalue weighted by atomic mass is 32.2. The van der Waals surface area contributed by atoms with E-state index in [0.717, 1.165) is 11.3 Å². The van der Waals surface area contributed by atoms with Gasteiger partial charge in [-0.1, -0.05) is 48.2 Å². The molecule has 1 aliphatic heterocycles. The summed E-state index contributed by atoms with van der Waals surface area (Å²) in [6, 6.07) is 14.1. The van der Waals surface area contributed by atoms with E-state index in [0.29, 0.717) is 14.8 Å². The first-order chi connectivity index (χ1) is 10.6. The fourth-order valence-corrected chi connectivity index (χ4v) is 3.48. The largest absolute Gasteiger partial charge is 0.270 e. The van der Waals surface area contributed by atoms with Gasteiger partial charge in [-0.2, -0.15) is 0 Å². The number of hydrogen-bond acceptors (Lipinski definition) is 3. The van der Waals surface area contributed by atoms with Gasteiger partial charge in [0.25, 0.3) is 5.91 Å². The van der Waals surface area contributed by atoms with Crippen LogP contribution in [0.2, 0.25) is 0 Å². The van der Waals surface area contributed by atoms with Gasteiger partial charge in [-0.25, -0.2) is 4.39 Å². The fourth-order valence-electron chi connectivity index (χ4n) is 2.18. The molecule has 0 atom stereocenters. The van der Waals surface area contributed by atoms with E-state index in [-0.39, 0.29) is 11.7 Å². The van der Waals surface area contributed by atoms with Crippen molar-refractivity contribution >= 4 is 46.0 Å². The summed E-state index contributed by atoms with van der Waals surface area (Å²) in [4.78, 5) is 14.6. The standard InChI is InChI=1S/C17H12FNOS2/c1-11-9-12(7-8-14(11)18)10-15-16(20)19(17(21)22-15)13-5-3-2-4-6-13/h2-10H,1H3. The molecule has 0 bridgehead atoms. The molecule has 0 N–H and O–H groups in total. The second-order valence-corrected chi connectivity index (χ2v) is 6.54. The van der Waals surface area contributed by atoms with E-state index in [2.05, 4.69) is 0 Å². The lowest BCUT2D eigenvalue weighted by Gasteiger charge is -2.13. The Kier molecular flexibility index (Phi) is 4.09. The van der Waals surface area contributed by atoms with E-state index >= 15 is 0 Å². The second kappa shape index (κ2) is 6.02. The number of carbonyl (C=O) groups excluding carboxylic acids is 1. The molecule has 2 aromatic carbocycles. The third kappa shape index (κ3) is 2.82. The van der Waals surface area contributed by atoms with Crippen LogP contribution in [0.1, 0.15) is 11.1 Å². The number of thioether (sulfide) groups is 1. The number of rotatable bonds is 2. The maximum Gasteiger partial charge on any atom is 0.270 e. The van der Waals surface area contributed by atoms with Crippen LogP contribution >= 0.6 is 24.0 Å². The third-order valence-electron chi connectivity index (χ3n) is 3.29. The predicted molar refractivity (Wildman–Crippen MR) is 93.2 cm³/mol. The summed E-state index contributed by atoms with van der Waals surface area (Å²) in [5, 5.41) is 0. The van der Waals surface area contributed by atoms with Crippen molar-refractivity contribution in [2.45, 2.75) is 6.92 Å². The number of nitrogens with zero attached hydrogens (tertiary/aromatic N) is 1. The lowest BCUT2D eigenvalue weighted by Crippen LogP contribution is -2.27. The monoisotopic (exact) mass is 329 g/mol. The van der Waals surface area contributed by atoms with E-state index < -0.39 is 0 Å². The number of amides is 1. The van der Waals surface area contributed by atoms with Crippen LogP contribution in [0, 0.1) is 12.7 Å². The molecule has 3 rings (SSSR count). The van der Waals surface area contributed by atoms with Crippen molar-refractivity contribution in [3.05, 3.63) is 70.4 Å². The average molecular weight is 329 g/mol. The van der Waals surface area contributed by atoms with Gasteiger partial charge >= 0.3 is 0 Å². The van der Waals surface area contributed by atoms with E-state index in [4.69, 9.17) is 12.2 Å². The Bertz CT molecular complexity index is 787. The Morgan fingerprint density at radius 1 is 1.18 bits per heavy atom. The van der Waals surface area contributed by atoms with Crippen LogP contribution < -0.4 is 4.90 Å². The maximum absolute atomic E-state index is 13.3. The molecule has 1 heterocycles. The molecule has 0 spiro atoms. The van der Waals surface area contributed by atoms with Crippen LogP contribution in [0.15, 0.2) is 53.4 Å². The molecule has 1 aliphatic rings. The van der Waals surface area contributed by atoms with Crippen molar-refractivity contribution in [3.63, 3.8) is 0 Å². The second-order valence-electron chi connectivity index (χ2n) is 4.86. The van der Waals surface area contributed by atoms with Crippen LogP contribution in [0.25, 0.3) is 6.08 Å². The van der Waals surface area contributed by atoms with Crippen LogP contribution in [-0.4, -0.2) is 10.2 Å². The Morgan fingerprint density at radius 3 is 2.59 bits per heavy atom. The fraction of sp³-hybridized carbons (Fsp3) is 0.0588. The number of thiocarbonyl (C=S) groups is 1. The number of anilines is 1. The molecule has 2 aromatic rings. The molecule has 2 nitrogen and oxygen atoms in total. The van der Waals surface area contributed by atoms with E-state index in [1.807, 2.05) is 30.3 Å². The Morgan fingerprint density at radius 2 is 1.91 bits per heavy atom. The van der Waals surface area contributed by atoms with Crippen molar-refractivity contribution in [2.24, 2.45) is 0 Å². The summed E-state index contributed by atoms with van der Waals surface area (Å²) < 4.78 is 13.8. The van der Waals surface area contributed by atoms with Gasteiger partial charge < -0.3 is 0 Å². The van der Waals surface area contributed by atoms with Gasteiger partial charge in [0.05, 0.1) is 10.6 Å². The molecular weight excluding hydrogens is 317 g/mol. The minimum Gasteiger partial charge on any atom is -0.268 e. The Labute approximate surface area is 137 Å². The topological polar surface area (TPSA) is 20.3 Å². The first kappa shape index (κ1) is 14.9. The zero-order valence-corrected chi connectivity index (χ0v) is 13.4. The highest BCUT2D eigenvalue weighted by Gasteiger charge is 2.33. The normalized spacial score (nSPS) is 16.6. The van der Waals surface area contributed by atoms with Gasteiger partial charge in [-0.3, -0.25) is 9.69 Å². The molecule has 1 saturated heterocycles. The van der Waals surface area contributed by atoms with E-state index in [1.54, 1.807) is 25.1 Å². The summed E-state index contributed by atoms with van der Waals surface area (Å²) in [5.74, 6) is -0.405. The number of aryl methyl sites for hydroxylation is 1. The SMILES string of the molecule is Cc1cc(C=C2SC(=S)N(c3ccccc3)C2=O)ccc1F. The Balaban J connectivity index is 1.93. The summed E-state index contributed by atoms with van der Waals surface area (Å²) >= 11 is 6.56. The molecule has 5 heteroatoms. The summed E-state index contributed by atoms with van der Waals surface area (Å²) in [6.07, 6.45) is 1.74. The van der Waals surface area contributed by atoms with Gasteiger partial charge in [0.2, 0.25) is 0 Å². The first-order valence-corrected chi connectivity index (χ1v) is 7.88. The number of halogens is 1. The highest BCUT2D eigenvalue weighted by molar-refractivity contribution is 8.27. The molecule has 0 unspecified atom stereocenters. The molecule has 1 fully saturated rings. The number of benzene rings is 2. The molecular formula is C17H12FNOS2. The van der Waals surface area contributed by atoms with Crippen LogP contribution in [0.3, 0.4) is 0 Å². The molecule has 1 amide bonds. The smallest absolute Gasteiger partial charge is 0.268 e. The van der Waals surface area contributed by atoms with Gasteiger partial charge in [-0.05, 0) is 48.4 Å². The van der Waals surface area contributed by atoms with Crippen molar-refractivity contribution in [1.29, 1.82) is 0 Å². The summed E-state index contributed by atoms with van der Waals surface area (Å²) in [6.45, 7) is 1.70. The minimum atomic E-state index is -0.256. The van der Waals surface area contributed by atoms with E-state index in [9.17, 15) is 9.18 Å². The van der Waals surface area contributed by atoms with Crippen LogP contribution in [0.4, 0.5) is 10.1 Å². The van der Waals surface area contributed by atoms with Gasteiger partial charge in [0, 0.05) is 0 Å². The number of hydrogen-bond donors (Lipinski definition) is 0. The summed E-state index contributed by atoms with van der Waals surface area (Å²) in [5.41, 5.74) is 2.09. The van der Waals surface area contributed by atoms with Crippen molar-refractivity contribution in [3.8, 4) is 0 Å². The summed E-state index contributed by atoms with van der Waals surface area (Å²) in [7, 11) is 0. The molecule has 110 valence electrons.